The average Bonchev–Trinajstić information content (AvgIpc) is 2.56. The van der Waals surface area contributed by atoms with E-state index in [4.69, 9.17) is 15.6 Å². The van der Waals surface area contributed by atoms with Crippen molar-refractivity contribution in [3.8, 4) is 0 Å². The van der Waals surface area contributed by atoms with Crippen molar-refractivity contribution in [1.82, 2.24) is 0 Å². The lowest BCUT2D eigenvalue weighted by Gasteiger charge is -2.48. The molecule has 0 aromatic carbocycles. The summed E-state index contributed by atoms with van der Waals surface area (Å²) in [6.45, 7) is 15.7. The molecule has 10 atom stereocenters. The second kappa shape index (κ2) is 7.81. The van der Waals surface area contributed by atoms with Crippen molar-refractivity contribution in [2.75, 3.05) is 6.61 Å². The molecule has 2 rings (SSSR count). The van der Waals surface area contributed by atoms with Crippen LogP contribution >= 0.6 is 0 Å². The van der Waals surface area contributed by atoms with Crippen LogP contribution in [0.3, 0.4) is 0 Å². The summed E-state index contributed by atoms with van der Waals surface area (Å²) in [6.07, 6.45) is 1.15. The van der Waals surface area contributed by atoms with Crippen molar-refractivity contribution >= 4 is 0 Å². The van der Waals surface area contributed by atoms with Gasteiger partial charge in [-0.2, -0.15) is 0 Å². The number of rotatable bonds is 5. The Kier molecular flexibility index (Phi) is 6.00. The van der Waals surface area contributed by atoms with Crippen molar-refractivity contribution < 1.29 is 19.3 Å². The topological polar surface area (TPSA) is 47.9 Å². The molecule has 1 N–H and O–H groups in total. The minimum Gasteiger partial charge on any atom is -0.394 e. The lowest BCUT2D eigenvalue weighted by Crippen LogP contribution is -2.54. The van der Waals surface area contributed by atoms with Crippen molar-refractivity contribution in [2.24, 2.45) is 29.6 Å². The van der Waals surface area contributed by atoms with E-state index in [1.807, 2.05) is 0 Å². The van der Waals surface area contributed by atoms with Gasteiger partial charge in [-0.3, -0.25) is 0 Å². The van der Waals surface area contributed by atoms with E-state index in [0.717, 1.165) is 6.42 Å². The van der Waals surface area contributed by atoms with Crippen LogP contribution in [-0.4, -0.2) is 43.9 Å². The number of aliphatic hydroxyl groups excluding tert-OH is 1. The second-order valence-corrected chi connectivity index (χ2v) is 7.89. The molecule has 0 spiro atoms. The number of ether oxygens (including phenoxy) is 3. The van der Waals surface area contributed by atoms with Gasteiger partial charge in [0.25, 0.3) is 0 Å². The lowest BCUT2D eigenvalue weighted by molar-refractivity contribution is -0.297. The summed E-state index contributed by atoms with van der Waals surface area (Å²) < 4.78 is 25.9. The smallest absolute Gasteiger partial charge is 0.210 e. The van der Waals surface area contributed by atoms with Crippen LogP contribution in [0.25, 0.3) is 0 Å². The van der Waals surface area contributed by atoms with E-state index in [0.29, 0.717) is 17.8 Å². The largest absolute Gasteiger partial charge is 0.394 e. The summed E-state index contributed by atoms with van der Waals surface area (Å²) in [7, 11) is 0. The zero-order valence-corrected chi connectivity index (χ0v) is 15.8. The van der Waals surface area contributed by atoms with E-state index >= 15 is 0 Å². The van der Waals surface area contributed by atoms with Gasteiger partial charge in [0.05, 0.1) is 31.0 Å². The summed E-state index contributed by atoms with van der Waals surface area (Å²) >= 11 is 0. The molecule has 23 heavy (non-hydrogen) atoms. The highest BCUT2D eigenvalue weighted by molar-refractivity contribution is 4.89. The fourth-order valence-electron chi connectivity index (χ4n) is 4.18. The Morgan fingerprint density at radius 2 is 1.57 bits per heavy atom. The molecule has 4 heteroatoms. The van der Waals surface area contributed by atoms with Crippen LogP contribution in [0.4, 0.5) is 0 Å². The van der Waals surface area contributed by atoms with E-state index in [-0.39, 0.29) is 49.1 Å². The van der Waals surface area contributed by atoms with Crippen LogP contribution in [0.5, 0.6) is 0 Å². The molecule has 2 fully saturated rings. The third-order valence-corrected chi connectivity index (χ3v) is 6.59. The molecule has 2 heterocycles. The molecule has 10 unspecified atom stereocenters. The first-order valence-corrected chi connectivity index (χ1v) is 9.36. The first-order valence-electron chi connectivity index (χ1n) is 9.77. The molecule has 0 aromatic rings. The Morgan fingerprint density at radius 3 is 2.17 bits per heavy atom. The first kappa shape index (κ1) is 17.7. The summed E-state index contributed by atoms with van der Waals surface area (Å²) in [6, 6.07) is 0. The van der Waals surface area contributed by atoms with Gasteiger partial charge >= 0.3 is 0 Å². The van der Waals surface area contributed by atoms with Crippen LogP contribution < -0.4 is 0 Å². The first-order chi connectivity index (χ1) is 11.3. The van der Waals surface area contributed by atoms with Crippen LogP contribution in [0, 0.1) is 29.6 Å². The Morgan fingerprint density at radius 1 is 0.870 bits per heavy atom. The molecular weight excluding hydrogens is 292 g/mol. The molecule has 2 saturated heterocycles. The second-order valence-electron chi connectivity index (χ2n) is 7.89. The molecule has 0 aliphatic carbocycles. The van der Waals surface area contributed by atoms with Gasteiger partial charge in [0.15, 0.2) is 6.29 Å². The van der Waals surface area contributed by atoms with Gasteiger partial charge in [0.1, 0.15) is 0 Å². The Bertz CT molecular complexity index is 392. The quantitative estimate of drug-likeness (QED) is 0.838. The van der Waals surface area contributed by atoms with Crippen molar-refractivity contribution in [2.45, 2.75) is 85.6 Å². The predicted octanol–water partition coefficient (Wildman–Crippen LogP) is 3.47. The number of hydrogen-bond donors (Lipinski definition) is 1. The number of hydrogen-bond acceptors (Lipinski definition) is 4. The van der Waals surface area contributed by atoms with Crippen LogP contribution in [0.2, 0.25) is 0 Å². The molecule has 0 bridgehead atoms. The maximum atomic E-state index is 7.05. The zero-order valence-electron chi connectivity index (χ0n) is 16.8. The summed E-state index contributed by atoms with van der Waals surface area (Å²) in [5, 5.41) is 4.60. The minimum absolute atomic E-state index is 0.0551. The molecule has 0 saturated carbocycles. The number of aliphatic hydroxyl groups is 1. The van der Waals surface area contributed by atoms with Crippen molar-refractivity contribution in [1.29, 1.82) is 1.43 Å². The molecular formula is C19H36O4. The van der Waals surface area contributed by atoms with Crippen molar-refractivity contribution in [3.63, 3.8) is 0 Å². The fraction of sp³-hybridized carbons (Fsp3) is 1.00. The van der Waals surface area contributed by atoms with Gasteiger partial charge in [-0.1, -0.05) is 41.5 Å². The van der Waals surface area contributed by atoms with Gasteiger partial charge in [-0.05, 0) is 25.2 Å². The zero-order chi connectivity index (χ0) is 18.0. The molecule has 0 aromatic heterocycles. The van der Waals surface area contributed by atoms with Crippen molar-refractivity contribution in [3.05, 3.63) is 0 Å². The lowest BCUT2D eigenvalue weighted by atomic mass is 9.78. The standard InChI is InChI=1S/C19H36O4/c1-8-16-11(3)10(2)12(4)19(22-16)23-18-13(5)15(7)21-17(9-20)14(18)6/h10-20H,8-9H2,1-7H3/i20T. The summed E-state index contributed by atoms with van der Waals surface area (Å²) in [4.78, 5) is 0. The Balaban J connectivity index is 2.11. The van der Waals surface area contributed by atoms with Gasteiger partial charge in [-0.25, -0.2) is 0 Å². The van der Waals surface area contributed by atoms with Gasteiger partial charge in [-0.15, -0.1) is 0 Å². The molecule has 2 aliphatic heterocycles. The van der Waals surface area contributed by atoms with E-state index in [1.54, 1.807) is 0 Å². The van der Waals surface area contributed by atoms with Crippen LogP contribution in [0.1, 0.15) is 54.9 Å². The van der Waals surface area contributed by atoms with E-state index in [1.165, 1.54) is 0 Å². The van der Waals surface area contributed by atoms with Crippen LogP contribution in [0.15, 0.2) is 0 Å². The van der Waals surface area contributed by atoms with Gasteiger partial charge in [0, 0.05) is 17.8 Å². The third-order valence-electron chi connectivity index (χ3n) is 6.59. The van der Waals surface area contributed by atoms with E-state index in [2.05, 4.69) is 53.6 Å². The fourth-order valence-corrected chi connectivity index (χ4v) is 4.18. The average molecular weight is 331 g/mol. The van der Waals surface area contributed by atoms with Gasteiger partial charge < -0.3 is 19.3 Å². The predicted molar refractivity (Wildman–Crippen MR) is 91.1 cm³/mol. The van der Waals surface area contributed by atoms with E-state index < -0.39 is 0 Å². The normalized spacial score (nSPS) is 52.2. The maximum Gasteiger partial charge on any atom is 0.210 e. The molecule has 136 valence electrons. The minimum atomic E-state index is -0.168. The molecule has 2 aliphatic rings. The third kappa shape index (κ3) is 3.76. The highest BCUT2D eigenvalue weighted by atomic mass is 16.7. The molecule has 0 amide bonds. The maximum absolute atomic E-state index is 7.05. The highest BCUT2D eigenvalue weighted by Gasteiger charge is 2.45. The van der Waals surface area contributed by atoms with E-state index in [9.17, 15) is 0 Å². The highest BCUT2D eigenvalue weighted by Crippen LogP contribution is 2.40. The Hall–Kier alpha value is -0.160. The van der Waals surface area contributed by atoms with Gasteiger partial charge in [0.2, 0.25) is 1.43 Å². The van der Waals surface area contributed by atoms with Crippen LogP contribution in [-0.2, 0) is 14.2 Å². The SMILES string of the molecule is [3H]OCC1OC(C)C(C)C(OC2OC(CC)C(C)C(C)C2C)C1C. The summed E-state index contributed by atoms with van der Waals surface area (Å²) in [5.74, 6) is 1.95. The summed E-state index contributed by atoms with van der Waals surface area (Å²) in [5.41, 5.74) is 0. The Labute approximate surface area is 143 Å². The molecule has 0 radical (unpaired) electrons. The molecule has 4 nitrogen and oxygen atoms in total. The monoisotopic (exact) mass is 330 g/mol.